The summed E-state index contributed by atoms with van der Waals surface area (Å²) in [7, 11) is -0.446. The van der Waals surface area contributed by atoms with E-state index >= 15 is 0 Å². The smallest absolute Gasteiger partial charge is 0.234 e. The lowest BCUT2D eigenvalue weighted by atomic mass is 9.92. The molecule has 0 radical (unpaired) electrons. The highest BCUT2D eigenvalue weighted by Crippen LogP contribution is 2.28. The van der Waals surface area contributed by atoms with Crippen molar-refractivity contribution in [1.29, 1.82) is 0 Å². The Hall–Kier alpha value is -1.79. The molecule has 0 aliphatic rings. The van der Waals surface area contributed by atoms with Gasteiger partial charge in [0.05, 0.1) is 5.92 Å². The Kier molecular flexibility index (Phi) is 3.79. The average Bonchev–Trinajstić information content (AvgIpc) is 2.41. The van der Waals surface area contributed by atoms with Gasteiger partial charge in [0.15, 0.2) is 0 Å². The number of hydrogen-bond donors (Lipinski definition) is 0. The molecule has 0 spiro atoms. The molecule has 0 saturated heterocycles. The largest absolute Gasteiger partial charge is 0.285 e. The molecule has 0 atom stereocenters. The van der Waals surface area contributed by atoms with Gasteiger partial charge in [0.25, 0.3) is 0 Å². The van der Waals surface area contributed by atoms with Crippen LogP contribution in [0, 0.1) is 0 Å². The Morgan fingerprint density at radius 2 is 1.24 bits per heavy atom. The Balaban J connectivity index is 2.47. The van der Waals surface area contributed by atoms with Crippen molar-refractivity contribution in [3.63, 3.8) is 0 Å². The SMILES string of the molecule is O=PC(=O)C(c1ccccc1)c1ccccc1. The van der Waals surface area contributed by atoms with Crippen LogP contribution in [0.2, 0.25) is 0 Å². The van der Waals surface area contributed by atoms with Crippen LogP contribution >= 0.6 is 8.46 Å². The zero-order chi connectivity index (χ0) is 12.1. The fourth-order valence-corrected chi connectivity index (χ4v) is 2.22. The summed E-state index contributed by atoms with van der Waals surface area (Å²) in [5.41, 5.74) is 1.42. The molecule has 0 fully saturated rings. The van der Waals surface area contributed by atoms with Gasteiger partial charge in [-0.15, -0.1) is 0 Å². The van der Waals surface area contributed by atoms with E-state index < -0.39 is 14.4 Å². The molecule has 3 heteroatoms. The number of carbonyl (C=O) groups is 1. The molecule has 0 amide bonds. The first kappa shape index (κ1) is 11.7. The molecule has 0 heterocycles. The van der Waals surface area contributed by atoms with Gasteiger partial charge in [-0.3, -0.25) is 9.36 Å². The van der Waals surface area contributed by atoms with E-state index in [0.717, 1.165) is 11.1 Å². The highest BCUT2D eigenvalue weighted by atomic mass is 31.1. The second-order valence-electron chi connectivity index (χ2n) is 3.68. The maximum Gasteiger partial charge on any atom is 0.234 e. The second-order valence-corrected chi connectivity index (χ2v) is 4.31. The summed E-state index contributed by atoms with van der Waals surface area (Å²) in [6, 6.07) is 18.8. The molecule has 0 N–H and O–H groups in total. The number of rotatable bonds is 4. The van der Waals surface area contributed by atoms with Gasteiger partial charge in [0.1, 0.15) is 0 Å². The summed E-state index contributed by atoms with van der Waals surface area (Å²) in [4.78, 5) is 11.8. The van der Waals surface area contributed by atoms with E-state index in [4.69, 9.17) is 0 Å². The van der Waals surface area contributed by atoms with E-state index in [0.29, 0.717) is 0 Å². The third kappa shape index (κ3) is 2.66. The van der Waals surface area contributed by atoms with Gasteiger partial charge in [-0.2, -0.15) is 0 Å². The first-order valence-corrected chi connectivity index (χ1v) is 6.11. The minimum Gasteiger partial charge on any atom is -0.285 e. The van der Waals surface area contributed by atoms with Gasteiger partial charge in [-0.25, -0.2) is 0 Å². The van der Waals surface area contributed by atoms with Crippen molar-refractivity contribution in [1.82, 2.24) is 0 Å². The van der Waals surface area contributed by atoms with Crippen LogP contribution in [-0.2, 0) is 9.36 Å². The molecule has 0 bridgehead atoms. The predicted molar refractivity (Wildman–Crippen MR) is 67.3 cm³/mol. The van der Waals surface area contributed by atoms with Crippen molar-refractivity contribution >= 4 is 14.0 Å². The van der Waals surface area contributed by atoms with Crippen LogP contribution in [0.15, 0.2) is 60.7 Å². The summed E-state index contributed by atoms with van der Waals surface area (Å²) in [6.07, 6.45) is 0. The molecule has 0 saturated carbocycles. The number of hydrogen-bond acceptors (Lipinski definition) is 2. The lowest BCUT2D eigenvalue weighted by molar-refractivity contribution is -0.112. The first-order chi connectivity index (χ1) is 8.33. The van der Waals surface area contributed by atoms with Crippen LogP contribution in [0.1, 0.15) is 17.0 Å². The third-order valence-corrected chi connectivity index (χ3v) is 3.04. The minimum absolute atomic E-state index is 0.317. The Labute approximate surface area is 101 Å². The van der Waals surface area contributed by atoms with Crippen LogP contribution in [0.25, 0.3) is 0 Å². The quantitative estimate of drug-likeness (QED) is 0.767. The zero-order valence-electron chi connectivity index (χ0n) is 9.11. The monoisotopic (exact) mass is 242 g/mol. The van der Waals surface area contributed by atoms with Gasteiger partial charge in [0, 0.05) is 0 Å². The van der Waals surface area contributed by atoms with Gasteiger partial charge in [-0.05, 0) is 11.1 Å². The van der Waals surface area contributed by atoms with E-state index in [9.17, 15) is 9.36 Å². The molecule has 0 aliphatic heterocycles. The predicted octanol–water partition coefficient (Wildman–Crippen LogP) is 3.64. The molecule has 2 rings (SSSR count). The maximum absolute atomic E-state index is 11.8. The normalized spacial score (nSPS) is 10.6. The van der Waals surface area contributed by atoms with Crippen molar-refractivity contribution in [2.45, 2.75) is 5.92 Å². The van der Waals surface area contributed by atoms with Crippen molar-refractivity contribution < 1.29 is 9.36 Å². The molecule has 2 aromatic carbocycles. The third-order valence-electron chi connectivity index (χ3n) is 2.60. The first-order valence-electron chi connectivity index (χ1n) is 5.30. The molecule has 0 aliphatic carbocycles. The number of carbonyl (C=O) groups excluding carboxylic acids is 1. The van der Waals surface area contributed by atoms with E-state index in [1.54, 1.807) is 0 Å². The fourth-order valence-electron chi connectivity index (χ4n) is 1.82. The van der Waals surface area contributed by atoms with Crippen molar-refractivity contribution in [2.75, 3.05) is 0 Å². The molecule has 2 aromatic rings. The van der Waals surface area contributed by atoms with Crippen LogP contribution in [0.5, 0.6) is 0 Å². The highest BCUT2D eigenvalue weighted by molar-refractivity contribution is 7.46. The summed E-state index contributed by atoms with van der Waals surface area (Å²) >= 11 is 0. The van der Waals surface area contributed by atoms with E-state index in [1.165, 1.54) is 0 Å². The fraction of sp³-hybridized carbons (Fsp3) is 0.0714. The average molecular weight is 242 g/mol. The van der Waals surface area contributed by atoms with Gasteiger partial charge < -0.3 is 0 Å². The summed E-state index contributed by atoms with van der Waals surface area (Å²) in [5, 5.41) is 0. The van der Waals surface area contributed by atoms with Gasteiger partial charge in [-0.1, -0.05) is 60.7 Å². The van der Waals surface area contributed by atoms with E-state index in [-0.39, 0.29) is 5.52 Å². The van der Waals surface area contributed by atoms with Crippen molar-refractivity contribution in [3.05, 3.63) is 71.8 Å². The van der Waals surface area contributed by atoms with Crippen LogP contribution in [0.3, 0.4) is 0 Å². The molecule has 17 heavy (non-hydrogen) atoms. The molecule has 2 nitrogen and oxygen atoms in total. The summed E-state index contributed by atoms with van der Waals surface area (Å²) in [6.45, 7) is 0. The van der Waals surface area contributed by atoms with Crippen LogP contribution < -0.4 is 0 Å². The van der Waals surface area contributed by atoms with E-state index in [1.807, 2.05) is 60.7 Å². The molecule has 0 aromatic heterocycles. The molecular weight excluding hydrogens is 231 g/mol. The summed E-state index contributed by atoms with van der Waals surface area (Å²) in [5.74, 6) is -0.448. The number of benzene rings is 2. The van der Waals surface area contributed by atoms with E-state index in [2.05, 4.69) is 0 Å². The zero-order valence-corrected chi connectivity index (χ0v) is 10.0. The van der Waals surface area contributed by atoms with Crippen molar-refractivity contribution in [3.8, 4) is 0 Å². The lowest BCUT2D eigenvalue weighted by Crippen LogP contribution is -2.08. The Morgan fingerprint density at radius 1 is 0.824 bits per heavy atom. The maximum atomic E-state index is 11.8. The molecule has 0 unspecified atom stereocenters. The molecular formula is C14H11O2P. The lowest BCUT2D eigenvalue weighted by Gasteiger charge is -2.13. The Morgan fingerprint density at radius 3 is 1.59 bits per heavy atom. The topological polar surface area (TPSA) is 34.1 Å². The standard InChI is InChI=1S/C14H11O2P/c15-14(17-16)13(11-7-3-1-4-8-11)12-9-5-2-6-10-12/h1-10,13H. The Bertz CT molecular complexity index is 469. The molecule has 84 valence electrons. The minimum atomic E-state index is -0.448. The highest BCUT2D eigenvalue weighted by Gasteiger charge is 2.22. The summed E-state index contributed by atoms with van der Waals surface area (Å²) < 4.78 is 10.8. The van der Waals surface area contributed by atoms with Crippen LogP contribution in [-0.4, -0.2) is 5.52 Å². The van der Waals surface area contributed by atoms with Crippen LogP contribution in [0.4, 0.5) is 0 Å². The van der Waals surface area contributed by atoms with Gasteiger partial charge >= 0.3 is 0 Å². The second kappa shape index (κ2) is 5.51. The van der Waals surface area contributed by atoms with Crippen molar-refractivity contribution in [2.24, 2.45) is 0 Å². The van der Waals surface area contributed by atoms with Gasteiger partial charge in [0.2, 0.25) is 14.0 Å².